The van der Waals surface area contributed by atoms with Crippen molar-refractivity contribution in [3.63, 3.8) is 0 Å². The van der Waals surface area contributed by atoms with Crippen LogP contribution in [-0.4, -0.2) is 10.9 Å². The number of aryl methyl sites for hydroxylation is 2. The standard InChI is InChI=1S/C19H18N2O2S/c1-13-6-3-4-8-16(13)19-21-14(2)17(24-19)12-20-18(22)10-9-15-7-5-11-23-15/h3-11H,12H2,1-2H3,(H,20,22)/b10-9+. The van der Waals surface area contributed by atoms with Crippen LogP contribution in [0.1, 0.15) is 21.9 Å². The number of hydrogen-bond donors (Lipinski definition) is 1. The van der Waals surface area contributed by atoms with E-state index in [-0.39, 0.29) is 5.91 Å². The number of aromatic nitrogens is 1. The van der Waals surface area contributed by atoms with Crippen molar-refractivity contribution in [3.05, 3.63) is 70.6 Å². The van der Waals surface area contributed by atoms with Crippen molar-refractivity contribution in [2.24, 2.45) is 0 Å². The van der Waals surface area contributed by atoms with E-state index in [9.17, 15) is 4.79 Å². The van der Waals surface area contributed by atoms with Gasteiger partial charge in [-0.3, -0.25) is 4.79 Å². The maximum atomic E-state index is 11.9. The first-order valence-electron chi connectivity index (χ1n) is 7.65. The molecule has 1 aromatic carbocycles. The Kier molecular flexibility index (Phi) is 4.91. The fourth-order valence-corrected chi connectivity index (χ4v) is 3.38. The van der Waals surface area contributed by atoms with Gasteiger partial charge in [-0.2, -0.15) is 0 Å². The lowest BCUT2D eigenvalue weighted by molar-refractivity contribution is -0.116. The third-order valence-corrected chi connectivity index (χ3v) is 4.82. The zero-order valence-electron chi connectivity index (χ0n) is 13.6. The van der Waals surface area contributed by atoms with Crippen LogP contribution in [0.25, 0.3) is 16.6 Å². The van der Waals surface area contributed by atoms with Gasteiger partial charge in [-0.25, -0.2) is 4.98 Å². The molecular formula is C19H18N2O2S. The molecule has 2 heterocycles. The van der Waals surface area contributed by atoms with Crippen molar-refractivity contribution in [2.45, 2.75) is 20.4 Å². The molecule has 0 atom stereocenters. The molecule has 0 fully saturated rings. The zero-order valence-corrected chi connectivity index (χ0v) is 14.4. The molecule has 0 saturated carbocycles. The minimum absolute atomic E-state index is 0.156. The van der Waals surface area contributed by atoms with Gasteiger partial charge in [0.05, 0.1) is 18.5 Å². The van der Waals surface area contributed by atoms with Crippen LogP contribution in [0.4, 0.5) is 0 Å². The average molecular weight is 338 g/mol. The molecule has 0 aliphatic carbocycles. The molecule has 0 bridgehead atoms. The summed E-state index contributed by atoms with van der Waals surface area (Å²) in [7, 11) is 0. The van der Waals surface area contributed by atoms with Gasteiger partial charge in [-0.1, -0.05) is 24.3 Å². The van der Waals surface area contributed by atoms with Crippen molar-refractivity contribution in [3.8, 4) is 10.6 Å². The summed E-state index contributed by atoms with van der Waals surface area (Å²) in [6.45, 7) is 4.52. The van der Waals surface area contributed by atoms with E-state index in [4.69, 9.17) is 4.42 Å². The number of carbonyl (C=O) groups is 1. The Bertz CT molecular complexity index is 863. The lowest BCUT2D eigenvalue weighted by atomic mass is 10.1. The van der Waals surface area contributed by atoms with E-state index in [0.717, 1.165) is 21.1 Å². The van der Waals surface area contributed by atoms with Crippen molar-refractivity contribution >= 4 is 23.3 Å². The lowest BCUT2D eigenvalue weighted by Gasteiger charge is -2.00. The van der Waals surface area contributed by atoms with E-state index >= 15 is 0 Å². The minimum atomic E-state index is -0.156. The predicted molar refractivity (Wildman–Crippen MR) is 96.6 cm³/mol. The van der Waals surface area contributed by atoms with Gasteiger partial charge in [-0.05, 0) is 37.6 Å². The van der Waals surface area contributed by atoms with Gasteiger partial charge in [0.1, 0.15) is 10.8 Å². The molecule has 0 aliphatic rings. The van der Waals surface area contributed by atoms with Crippen LogP contribution in [0.2, 0.25) is 0 Å². The fourth-order valence-electron chi connectivity index (χ4n) is 2.29. The van der Waals surface area contributed by atoms with Crippen LogP contribution in [-0.2, 0) is 11.3 Å². The van der Waals surface area contributed by atoms with Gasteiger partial charge < -0.3 is 9.73 Å². The number of benzene rings is 1. The molecule has 5 heteroatoms. The molecule has 1 amide bonds. The second-order valence-electron chi connectivity index (χ2n) is 5.41. The number of thiazole rings is 1. The largest absolute Gasteiger partial charge is 0.465 e. The van der Waals surface area contributed by atoms with E-state index in [1.165, 1.54) is 11.6 Å². The molecule has 4 nitrogen and oxygen atoms in total. The number of carbonyl (C=O) groups excluding carboxylic acids is 1. The molecule has 1 N–H and O–H groups in total. The SMILES string of the molecule is Cc1ccccc1-c1nc(C)c(CNC(=O)/C=C/c2ccco2)s1. The number of hydrogen-bond acceptors (Lipinski definition) is 4. The highest BCUT2D eigenvalue weighted by Gasteiger charge is 2.11. The third kappa shape index (κ3) is 3.81. The van der Waals surface area contributed by atoms with E-state index in [2.05, 4.69) is 29.4 Å². The molecule has 3 aromatic rings. The first-order valence-corrected chi connectivity index (χ1v) is 8.47. The monoisotopic (exact) mass is 338 g/mol. The number of amides is 1. The summed E-state index contributed by atoms with van der Waals surface area (Å²) in [5, 5.41) is 3.87. The Morgan fingerprint density at radius 2 is 2.08 bits per heavy atom. The fraction of sp³-hybridized carbons (Fsp3) is 0.158. The van der Waals surface area contributed by atoms with Crippen LogP contribution < -0.4 is 5.32 Å². The van der Waals surface area contributed by atoms with Crippen LogP contribution in [0.5, 0.6) is 0 Å². The maximum absolute atomic E-state index is 11.9. The summed E-state index contributed by atoms with van der Waals surface area (Å²) in [5.41, 5.74) is 3.29. The third-order valence-electron chi connectivity index (χ3n) is 3.63. The Morgan fingerprint density at radius 1 is 1.25 bits per heavy atom. The number of nitrogens with zero attached hydrogens (tertiary/aromatic N) is 1. The summed E-state index contributed by atoms with van der Waals surface area (Å²) in [6.07, 6.45) is 4.69. The zero-order chi connectivity index (χ0) is 16.9. The summed E-state index contributed by atoms with van der Waals surface area (Å²) in [5.74, 6) is 0.498. The molecule has 0 saturated heterocycles. The minimum Gasteiger partial charge on any atom is -0.465 e. The molecular weight excluding hydrogens is 320 g/mol. The Balaban J connectivity index is 1.66. The Labute approximate surface area is 144 Å². The van der Waals surface area contributed by atoms with E-state index in [1.54, 1.807) is 35.8 Å². The van der Waals surface area contributed by atoms with Crippen LogP contribution in [0, 0.1) is 13.8 Å². The summed E-state index contributed by atoms with van der Waals surface area (Å²) in [4.78, 5) is 17.6. The first kappa shape index (κ1) is 16.2. The highest BCUT2D eigenvalue weighted by Crippen LogP contribution is 2.29. The summed E-state index contributed by atoms with van der Waals surface area (Å²) >= 11 is 1.62. The topological polar surface area (TPSA) is 55.1 Å². The lowest BCUT2D eigenvalue weighted by Crippen LogP contribution is -2.20. The molecule has 2 aromatic heterocycles. The Morgan fingerprint density at radius 3 is 2.83 bits per heavy atom. The molecule has 0 radical (unpaired) electrons. The van der Waals surface area contributed by atoms with Crippen molar-refractivity contribution in [2.75, 3.05) is 0 Å². The highest BCUT2D eigenvalue weighted by atomic mass is 32.1. The second-order valence-corrected chi connectivity index (χ2v) is 6.49. The molecule has 0 spiro atoms. The predicted octanol–water partition coefficient (Wildman–Crippen LogP) is 4.35. The molecule has 0 aliphatic heterocycles. The smallest absolute Gasteiger partial charge is 0.244 e. The molecule has 122 valence electrons. The van der Waals surface area contributed by atoms with Gasteiger partial charge in [0.25, 0.3) is 0 Å². The van der Waals surface area contributed by atoms with Gasteiger partial charge in [0, 0.05) is 16.5 Å². The maximum Gasteiger partial charge on any atom is 0.244 e. The van der Waals surface area contributed by atoms with E-state index in [0.29, 0.717) is 12.3 Å². The summed E-state index contributed by atoms with van der Waals surface area (Å²) in [6, 6.07) is 11.8. The van der Waals surface area contributed by atoms with Gasteiger partial charge in [0.15, 0.2) is 0 Å². The number of furan rings is 1. The molecule has 3 rings (SSSR count). The van der Waals surface area contributed by atoms with Gasteiger partial charge in [0.2, 0.25) is 5.91 Å². The van der Waals surface area contributed by atoms with Crippen LogP contribution >= 0.6 is 11.3 Å². The van der Waals surface area contributed by atoms with Gasteiger partial charge >= 0.3 is 0 Å². The van der Waals surface area contributed by atoms with Crippen LogP contribution in [0.3, 0.4) is 0 Å². The molecule has 24 heavy (non-hydrogen) atoms. The number of nitrogens with one attached hydrogen (secondary N) is 1. The normalized spacial score (nSPS) is 11.1. The van der Waals surface area contributed by atoms with E-state index in [1.807, 2.05) is 19.1 Å². The van der Waals surface area contributed by atoms with E-state index < -0.39 is 0 Å². The van der Waals surface area contributed by atoms with Gasteiger partial charge in [-0.15, -0.1) is 11.3 Å². The summed E-state index contributed by atoms with van der Waals surface area (Å²) < 4.78 is 5.15. The highest BCUT2D eigenvalue weighted by molar-refractivity contribution is 7.15. The van der Waals surface area contributed by atoms with Crippen molar-refractivity contribution in [1.29, 1.82) is 0 Å². The van der Waals surface area contributed by atoms with Crippen molar-refractivity contribution in [1.82, 2.24) is 10.3 Å². The number of rotatable bonds is 5. The molecule has 0 unspecified atom stereocenters. The van der Waals surface area contributed by atoms with Crippen molar-refractivity contribution < 1.29 is 9.21 Å². The Hall–Kier alpha value is -2.66. The second kappa shape index (κ2) is 7.27. The first-order chi connectivity index (χ1) is 11.6. The average Bonchev–Trinajstić information content (AvgIpc) is 3.21. The quantitative estimate of drug-likeness (QED) is 0.704. The van der Waals surface area contributed by atoms with Crippen LogP contribution in [0.15, 0.2) is 53.2 Å².